The van der Waals surface area contributed by atoms with Gasteiger partial charge in [-0.25, -0.2) is 0 Å². The number of piperidine rings is 1. The molecule has 1 aliphatic rings. The Morgan fingerprint density at radius 1 is 1.22 bits per heavy atom. The molecule has 1 fully saturated rings. The number of aliphatic hydroxyl groups excluding tert-OH is 1. The molecule has 2 rings (SSSR count). The Morgan fingerprint density at radius 2 is 2.00 bits per heavy atom. The van der Waals surface area contributed by atoms with E-state index in [4.69, 9.17) is 0 Å². The van der Waals surface area contributed by atoms with Gasteiger partial charge in [-0.1, -0.05) is 61.6 Å². The summed E-state index contributed by atoms with van der Waals surface area (Å²) in [4.78, 5) is 0. The summed E-state index contributed by atoms with van der Waals surface area (Å²) in [6, 6.07) is 10.5. The summed E-state index contributed by atoms with van der Waals surface area (Å²) in [5.41, 5.74) is 1.20. The molecule has 1 aliphatic heterocycles. The number of allylic oxidation sites excluding steroid dienone is 2. The van der Waals surface area contributed by atoms with E-state index < -0.39 is 0 Å². The maximum Gasteiger partial charge on any atom is 0.0595 e. The van der Waals surface area contributed by atoms with Gasteiger partial charge in [0.2, 0.25) is 0 Å². The SMILES string of the molecule is C[C@H]1[C@@H](O)CCN[C@@H]1/C=C/C=C/c1ccccc1. The van der Waals surface area contributed by atoms with Crippen LogP contribution in [0.2, 0.25) is 0 Å². The van der Waals surface area contributed by atoms with Crippen molar-refractivity contribution in [3.8, 4) is 0 Å². The van der Waals surface area contributed by atoms with Crippen molar-refractivity contribution in [2.24, 2.45) is 5.92 Å². The van der Waals surface area contributed by atoms with Gasteiger partial charge in [0.25, 0.3) is 0 Å². The second kappa shape index (κ2) is 6.53. The largest absolute Gasteiger partial charge is 0.393 e. The van der Waals surface area contributed by atoms with Crippen molar-refractivity contribution in [2.45, 2.75) is 25.5 Å². The highest BCUT2D eigenvalue weighted by Crippen LogP contribution is 2.17. The Kier molecular flexibility index (Phi) is 4.73. The van der Waals surface area contributed by atoms with Gasteiger partial charge in [0.15, 0.2) is 0 Å². The zero-order chi connectivity index (χ0) is 12.8. The molecule has 0 amide bonds. The maximum absolute atomic E-state index is 9.79. The predicted molar refractivity (Wildman–Crippen MR) is 76.2 cm³/mol. The molecule has 0 spiro atoms. The third kappa shape index (κ3) is 3.56. The predicted octanol–water partition coefficient (Wildman–Crippen LogP) is 2.61. The normalized spacial score (nSPS) is 29.1. The fourth-order valence-electron chi connectivity index (χ4n) is 2.24. The molecule has 0 saturated carbocycles. The molecule has 2 nitrogen and oxygen atoms in total. The van der Waals surface area contributed by atoms with Gasteiger partial charge in [-0.05, 0) is 18.5 Å². The summed E-state index contributed by atoms with van der Waals surface area (Å²) in [6.07, 6.45) is 8.99. The van der Waals surface area contributed by atoms with Gasteiger partial charge >= 0.3 is 0 Å². The number of hydrogen-bond acceptors (Lipinski definition) is 2. The van der Waals surface area contributed by atoms with Crippen LogP contribution in [0.25, 0.3) is 6.08 Å². The maximum atomic E-state index is 9.79. The van der Waals surface area contributed by atoms with Crippen molar-refractivity contribution in [1.82, 2.24) is 5.32 Å². The number of benzene rings is 1. The van der Waals surface area contributed by atoms with E-state index in [1.807, 2.05) is 24.3 Å². The van der Waals surface area contributed by atoms with Crippen molar-refractivity contribution in [1.29, 1.82) is 0 Å². The van der Waals surface area contributed by atoms with Gasteiger partial charge in [-0.15, -0.1) is 0 Å². The molecular formula is C16H21NO. The minimum absolute atomic E-state index is 0.181. The van der Waals surface area contributed by atoms with Crippen molar-refractivity contribution < 1.29 is 5.11 Å². The van der Waals surface area contributed by atoms with Crippen molar-refractivity contribution >= 4 is 6.08 Å². The highest BCUT2D eigenvalue weighted by Gasteiger charge is 2.25. The molecule has 0 bridgehead atoms. The lowest BCUT2D eigenvalue weighted by Crippen LogP contribution is -2.46. The second-order valence-corrected chi connectivity index (χ2v) is 4.85. The minimum atomic E-state index is -0.181. The molecule has 18 heavy (non-hydrogen) atoms. The first kappa shape index (κ1) is 13.1. The molecule has 0 unspecified atom stereocenters. The first-order valence-corrected chi connectivity index (χ1v) is 6.59. The summed E-state index contributed by atoms with van der Waals surface area (Å²) in [5.74, 6) is 0.278. The lowest BCUT2D eigenvalue weighted by atomic mass is 9.89. The molecule has 1 aromatic rings. The lowest BCUT2D eigenvalue weighted by Gasteiger charge is -2.32. The standard InChI is InChI=1S/C16H21NO/c1-13-15(17-12-11-16(13)18)10-6-5-9-14-7-3-2-4-8-14/h2-10,13,15-18H,11-12H2,1H3/b9-5+,10-6+/t13-,15-,16+/m1/s1. The van der Waals surface area contributed by atoms with Crippen LogP contribution in [-0.4, -0.2) is 23.8 Å². The summed E-state index contributed by atoms with van der Waals surface area (Å²) in [7, 11) is 0. The van der Waals surface area contributed by atoms with E-state index >= 15 is 0 Å². The van der Waals surface area contributed by atoms with Crippen molar-refractivity contribution in [3.05, 3.63) is 54.1 Å². The summed E-state index contributed by atoms with van der Waals surface area (Å²) in [6.45, 7) is 2.98. The van der Waals surface area contributed by atoms with Crippen LogP contribution in [0.4, 0.5) is 0 Å². The molecule has 1 saturated heterocycles. The Hall–Kier alpha value is -1.38. The average Bonchev–Trinajstić information content (AvgIpc) is 2.40. The minimum Gasteiger partial charge on any atom is -0.393 e. The smallest absolute Gasteiger partial charge is 0.0595 e. The van der Waals surface area contributed by atoms with Gasteiger partial charge in [-0.3, -0.25) is 0 Å². The number of hydrogen-bond donors (Lipinski definition) is 2. The Morgan fingerprint density at radius 3 is 2.78 bits per heavy atom. The molecule has 0 aromatic heterocycles. The van der Waals surface area contributed by atoms with E-state index in [0.29, 0.717) is 0 Å². The number of rotatable bonds is 3. The van der Waals surface area contributed by atoms with Gasteiger partial charge in [0.1, 0.15) is 0 Å². The van der Waals surface area contributed by atoms with E-state index in [0.717, 1.165) is 13.0 Å². The molecular weight excluding hydrogens is 222 g/mol. The van der Waals surface area contributed by atoms with E-state index in [-0.39, 0.29) is 18.1 Å². The first-order chi connectivity index (χ1) is 8.77. The molecule has 1 aromatic carbocycles. The van der Waals surface area contributed by atoms with Crippen LogP contribution < -0.4 is 5.32 Å². The second-order valence-electron chi connectivity index (χ2n) is 4.85. The van der Waals surface area contributed by atoms with Gasteiger partial charge in [0, 0.05) is 12.0 Å². The van der Waals surface area contributed by atoms with E-state index in [9.17, 15) is 5.11 Å². The van der Waals surface area contributed by atoms with Crippen molar-refractivity contribution in [3.63, 3.8) is 0 Å². The number of aliphatic hydroxyl groups is 1. The average molecular weight is 243 g/mol. The van der Waals surface area contributed by atoms with Crippen LogP contribution in [0, 0.1) is 5.92 Å². The molecule has 96 valence electrons. The van der Waals surface area contributed by atoms with Crippen molar-refractivity contribution in [2.75, 3.05) is 6.54 Å². The number of nitrogens with one attached hydrogen (secondary N) is 1. The van der Waals surface area contributed by atoms with E-state index in [1.165, 1.54) is 5.56 Å². The molecule has 1 heterocycles. The third-order valence-corrected chi connectivity index (χ3v) is 3.51. The fraction of sp³-hybridized carbons (Fsp3) is 0.375. The highest BCUT2D eigenvalue weighted by molar-refractivity contribution is 5.50. The van der Waals surface area contributed by atoms with Gasteiger partial charge < -0.3 is 10.4 Å². The fourth-order valence-corrected chi connectivity index (χ4v) is 2.24. The zero-order valence-corrected chi connectivity index (χ0v) is 10.8. The van der Waals surface area contributed by atoms with E-state index in [2.05, 4.69) is 42.6 Å². The summed E-state index contributed by atoms with van der Waals surface area (Å²) >= 11 is 0. The monoisotopic (exact) mass is 243 g/mol. The van der Waals surface area contributed by atoms with Crippen LogP contribution in [-0.2, 0) is 0 Å². The molecule has 2 N–H and O–H groups in total. The molecule has 0 aliphatic carbocycles. The van der Waals surface area contributed by atoms with Gasteiger partial charge in [0.05, 0.1) is 6.10 Å². The molecule has 0 radical (unpaired) electrons. The van der Waals surface area contributed by atoms with E-state index in [1.54, 1.807) is 0 Å². The van der Waals surface area contributed by atoms with Crippen LogP contribution in [0.1, 0.15) is 18.9 Å². The van der Waals surface area contributed by atoms with Crippen LogP contribution >= 0.6 is 0 Å². The topological polar surface area (TPSA) is 32.3 Å². The lowest BCUT2D eigenvalue weighted by molar-refractivity contribution is 0.0726. The molecule has 3 atom stereocenters. The van der Waals surface area contributed by atoms with Crippen LogP contribution in [0.3, 0.4) is 0 Å². The zero-order valence-electron chi connectivity index (χ0n) is 10.8. The van der Waals surface area contributed by atoms with Crippen LogP contribution in [0.15, 0.2) is 48.6 Å². The summed E-state index contributed by atoms with van der Waals surface area (Å²) < 4.78 is 0. The summed E-state index contributed by atoms with van der Waals surface area (Å²) in [5, 5.41) is 13.2. The Balaban J connectivity index is 1.89. The third-order valence-electron chi connectivity index (χ3n) is 3.51. The molecule has 2 heteroatoms. The Bertz CT molecular complexity index is 410. The Labute approximate surface area is 109 Å². The van der Waals surface area contributed by atoms with Crippen LogP contribution in [0.5, 0.6) is 0 Å². The quantitative estimate of drug-likeness (QED) is 0.800. The highest BCUT2D eigenvalue weighted by atomic mass is 16.3. The van der Waals surface area contributed by atoms with Gasteiger partial charge in [-0.2, -0.15) is 0 Å². The first-order valence-electron chi connectivity index (χ1n) is 6.59.